The second-order valence-corrected chi connectivity index (χ2v) is 5.97. The monoisotopic (exact) mass is 359 g/mol. The van der Waals surface area contributed by atoms with Crippen molar-refractivity contribution in [2.45, 2.75) is 6.92 Å². The van der Waals surface area contributed by atoms with Gasteiger partial charge in [0.1, 0.15) is 11.6 Å². The van der Waals surface area contributed by atoms with Crippen molar-refractivity contribution in [1.82, 2.24) is 4.98 Å². The molecule has 0 fully saturated rings. The SMILES string of the molecule is CCOC(=O)c1ccc(C=C(c2ccccc2)c2cc(N)nc(N)c2)cc1. The summed E-state index contributed by atoms with van der Waals surface area (Å²) in [6.45, 7) is 2.14. The Morgan fingerprint density at radius 1 is 0.926 bits per heavy atom. The average Bonchev–Trinajstić information content (AvgIpc) is 2.66. The highest BCUT2D eigenvalue weighted by molar-refractivity contribution is 5.93. The van der Waals surface area contributed by atoms with Gasteiger partial charge in [0, 0.05) is 0 Å². The lowest BCUT2D eigenvalue weighted by molar-refractivity contribution is 0.0526. The summed E-state index contributed by atoms with van der Waals surface area (Å²) in [6.07, 6.45) is 2.03. The van der Waals surface area contributed by atoms with E-state index in [1.807, 2.05) is 48.5 Å². The number of benzene rings is 2. The van der Waals surface area contributed by atoms with Gasteiger partial charge < -0.3 is 16.2 Å². The summed E-state index contributed by atoms with van der Waals surface area (Å²) in [4.78, 5) is 15.9. The van der Waals surface area contributed by atoms with Gasteiger partial charge in [0.2, 0.25) is 0 Å². The lowest BCUT2D eigenvalue weighted by atomic mass is 9.96. The van der Waals surface area contributed by atoms with Crippen molar-refractivity contribution >= 4 is 29.3 Å². The number of aromatic nitrogens is 1. The number of pyridine rings is 1. The fourth-order valence-electron chi connectivity index (χ4n) is 2.78. The molecule has 0 aliphatic rings. The summed E-state index contributed by atoms with van der Waals surface area (Å²) in [7, 11) is 0. The van der Waals surface area contributed by atoms with Gasteiger partial charge in [-0.3, -0.25) is 0 Å². The molecule has 5 heteroatoms. The maximum absolute atomic E-state index is 11.8. The van der Waals surface area contributed by atoms with Gasteiger partial charge in [0.25, 0.3) is 0 Å². The zero-order valence-electron chi connectivity index (χ0n) is 15.1. The summed E-state index contributed by atoms with van der Waals surface area (Å²) < 4.78 is 5.02. The molecule has 1 aromatic heterocycles. The number of nitrogens with two attached hydrogens (primary N) is 2. The first-order chi connectivity index (χ1) is 13.1. The number of esters is 1. The lowest BCUT2D eigenvalue weighted by Crippen LogP contribution is -2.04. The molecule has 5 nitrogen and oxygen atoms in total. The molecule has 0 atom stereocenters. The van der Waals surface area contributed by atoms with E-state index >= 15 is 0 Å². The summed E-state index contributed by atoms with van der Waals surface area (Å²) >= 11 is 0. The third-order valence-corrected chi connectivity index (χ3v) is 3.99. The van der Waals surface area contributed by atoms with Gasteiger partial charge in [-0.05, 0) is 59.5 Å². The highest BCUT2D eigenvalue weighted by atomic mass is 16.5. The molecule has 2 aromatic carbocycles. The van der Waals surface area contributed by atoms with Crippen LogP contribution in [0.25, 0.3) is 11.6 Å². The quantitative estimate of drug-likeness (QED) is 0.530. The van der Waals surface area contributed by atoms with Gasteiger partial charge >= 0.3 is 5.97 Å². The minimum atomic E-state index is -0.328. The van der Waals surface area contributed by atoms with Gasteiger partial charge in [0.05, 0.1) is 12.2 Å². The Morgan fingerprint density at radius 2 is 1.56 bits per heavy atom. The first-order valence-electron chi connectivity index (χ1n) is 8.64. The Morgan fingerprint density at radius 3 is 2.15 bits per heavy atom. The Balaban J connectivity index is 2.04. The molecule has 0 spiro atoms. The van der Waals surface area contributed by atoms with Crippen LogP contribution in [-0.4, -0.2) is 17.6 Å². The van der Waals surface area contributed by atoms with Crippen LogP contribution in [0.2, 0.25) is 0 Å². The molecule has 0 aliphatic heterocycles. The lowest BCUT2D eigenvalue weighted by Gasteiger charge is -2.11. The molecule has 3 aromatic rings. The molecular weight excluding hydrogens is 338 g/mol. The Bertz CT molecular complexity index is 944. The van der Waals surface area contributed by atoms with Gasteiger partial charge in [-0.15, -0.1) is 0 Å². The number of carbonyl (C=O) groups is 1. The van der Waals surface area contributed by atoms with Crippen molar-refractivity contribution in [3.05, 3.63) is 89.0 Å². The molecule has 0 unspecified atom stereocenters. The van der Waals surface area contributed by atoms with E-state index in [0.29, 0.717) is 23.8 Å². The Labute approximate surface area is 158 Å². The van der Waals surface area contributed by atoms with Crippen molar-refractivity contribution in [3.63, 3.8) is 0 Å². The van der Waals surface area contributed by atoms with Crippen molar-refractivity contribution in [3.8, 4) is 0 Å². The van der Waals surface area contributed by atoms with Gasteiger partial charge in [-0.2, -0.15) is 0 Å². The number of hydrogen-bond acceptors (Lipinski definition) is 5. The van der Waals surface area contributed by atoms with Crippen LogP contribution in [0, 0.1) is 0 Å². The minimum absolute atomic E-state index is 0.328. The van der Waals surface area contributed by atoms with E-state index in [2.05, 4.69) is 4.98 Å². The fraction of sp³-hybridized carbons (Fsp3) is 0.0909. The van der Waals surface area contributed by atoms with Crippen LogP contribution < -0.4 is 11.5 Å². The summed E-state index contributed by atoms with van der Waals surface area (Å²) in [5, 5.41) is 0. The van der Waals surface area contributed by atoms with Gasteiger partial charge in [-0.1, -0.05) is 42.5 Å². The largest absolute Gasteiger partial charge is 0.462 e. The molecule has 0 aliphatic carbocycles. The summed E-state index contributed by atoms with van der Waals surface area (Å²) in [5.74, 6) is 0.403. The molecule has 0 saturated heterocycles. The number of ether oxygens (including phenoxy) is 1. The normalized spacial score (nSPS) is 11.2. The van der Waals surface area contributed by atoms with E-state index in [4.69, 9.17) is 16.2 Å². The van der Waals surface area contributed by atoms with E-state index in [0.717, 1.165) is 22.3 Å². The number of rotatable bonds is 5. The van der Waals surface area contributed by atoms with E-state index in [1.54, 1.807) is 31.2 Å². The third kappa shape index (κ3) is 4.52. The molecule has 0 radical (unpaired) electrons. The predicted octanol–water partition coefficient (Wildman–Crippen LogP) is 4.01. The van der Waals surface area contributed by atoms with E-state index in [-0.39, 0.29) is 5.97 Å². The molecule has 0 amide bonds. The van der Waals surface area contributed by atoms with Gasteiger partial charge in [0.15, 0.2) is 0 Å². The summed E-state index contributed by atoms with van der Waals surface area (Å²) in [5.41, 5.74) is 16.1. The maximum atomic E-state index is 11.8. The molecular formula is C22H21N3O2. The van der Waals surface area contributed by atoms with Crippen molar-refractivity contribution in [1.29, 1.82) is 0 Å². The molecule has 1 heterocycles. The van der Waals surface area contributed by atoms with Crippen LogP contribution >= 0.6 is 0 Å². The molecule has 4 N–H and O–H groups in total. The number of nitrogen functional groups attached to an aromatic ring is 2. The van der Waals surface area contributed by atoms with Crippen molar-refractivity contribution in [2.75, 3.05) is 18.1 Å². The van der Waals surface area contributed by atoms with Crippen molar-refractivity contribution < 1.29 is 9.53 Å². The first kappa shape index (κ1) is 18.2. The molecule has 27 heavy (non-hydrogen) atoms. The summed E-state index contributed by atoms with van der Waals surface area (Å²) in [6, 6.07) is 20.8. The zero-order chi connectivity index (χ0) is 19.2. The Hall–Kier alpha value is -3.60. The first-order valence-corrected chi connectivity index (χ1v) is 8.64. The third-order valence-electron chi connectivity index (χ3n) is 3.99. The molecule has 136 valence electrons. The van der Waals surface area contributed by atoms with Crippen LogP contribution in [-0.2, 0) is 4.74 Å². The highest BCUT2D eigenvalue weighted by Gasteiger charge is 2.09. The second kappa shape index (κ2) is 8.19. The van der Waals surface area contributed by atoms with Crippen molar-refractivity contribution in [2.24, 2.45) is 0 Å². The molecule has 0 bridgehead atoms. The van der Waals surface area contributed by atoms with Crippen LogP contribution in [0.4, 0.5) is 11.6 Å². The second-order valence-electron chi connectivity index (χ2n) is 5.97. The standard InChI is InChI=1S/C22H21N3O2/c1-2-27-22(26)17-10-8-15(9-11-17)12-19(16-6-4-3-5-7-16)18-13-20(23)25-21(24)14-18/h3-14H,2H2,1H3,(H4,23,24,25). The topological polar surface area (TPSA) is 91.2 Å². The van der Waals surface area contributed by atoms with Crippen LogP contribution in [0.1, 0.15) is 34.0 Å². The maximum Gasteiger partial charge on any atom is 0.338 e. The van der Waals surface area contributed by atoms with Crippen LogP contribution in [0.15, 0.2) is 66.7 Å². The number of carbonyl (C=O) groups excluding carboxylic acids is 1. The minimum Gasteiger partial charge on any atom is -0.462 e. The molecule has 0 saturated carbocycles. The van der Waals surface area contributed by atoms with E-state index < -0.39 is 0 Å². The fourth-order valence-corrected chi connectivity index (χ4v) is 2.78. The Kier molecular flexibility index (Phi) is 5.52. The smallest absolute Gasteiger partial charge is 0.338 e. The van der Waals surface area contributed by atoms with Gasteiger partial charge in [-0.25, -0.2) is 9.78 Å². The zero-order valence-corrected chi connectivity index (χ0v) is 15.1. The average molecular weight is 359 g/mol. The predicted molar refractivity (Wildman–Crippen MR) is 109 cm³/mol. The van der Waals surface area contributed by atoms with Crippen LogP contribution in [0.3, 0.4) is 0 Å². The number of nitrogens with zero attached hydrogens (tertiary/aromatic N) is 1. The number of anilines is 2. The number of hydrogen-bond donors (Lipinski definition) is 2. The molecule has 3 rings (SSSR count). The highest BCUT2D eigenvalue weighted by Crippen LogP contribution is 2.28. The van der Waals surface area contributed by atoms with Crippen LogP contribution in [0.5, 0.6) is 0 Å². The van der Waals surface area contributed by atoms with E-state index in [1.165, 1.54) is 0 Å². The van der Waals surface area contributed by atoms with E-state index in [9.17, 15) is 4.79 Å².